The van der Waals surface area contributed by atoms with Crippen LogP contribution in [0.3, 0.4) is 0 Å². The first-order valence-electron chi connectivity index (χ1n) is 6.97. The molecule has 0 amide bonds. The van der Waals surface area contributed by atoms with Crippen LogP contribution in [0.4, 0.5) is 0 Å². The van der Waals surface area contributed by atoms with E-state index >= 15 is 0 Å². The number of halogens is 2. The average Bonchev–Trinajstić information content (AvgIpc) is 3.09. The van der Waals surface area contributed by atoms with Crippen molar-refractivity contribution in [3.8, 4) is 0 Å². The van der Waals surface area contributed by atoms with Gasteiger partial charge in [0, 0.05) is 19.0 Å². The molecule has 2 heterocycles. The Morgan fingerprint density at radius 2 is 2.33 bits per heavy atom. The third-order valence-electron chi connectivity index (χ3n) is 4.31. The Morgan fingerprint density at radius 1 is 1.52 bits per heavy atom. The van der Waals surface area contributed by atoms with Gasteiger partial charge >= 0.3 is 5.97 Å². The van der Waals surface area contributed by atoms with Crippen molar-refractivity contribution >= 4 is 29.2 Å². The third-order valence-corrected chi connectivity index (χ3v) is 5.15. The van der Waals surface area contributed by atoms with Crippen LogP contribution in [0.15, 0.2) is 12.1 Å². The lowest BCUT2D eigenvalue weighted by Crippen LogP contribution is -2.38. The molecule has 6 heteroatoms. The van der Waals surface area contributed by atoms with Crippen LogP contribution in [0.1, 0.15) is 24.0 Å². The maximum Gasteiger partial charge on any atom is 0.305 e. The van der Waals surface area contributed by atoms with Gasteiger partial charge < -0.3 is 14.8 Å². The van der Waals surface area contributed by atoms with Gasteiger partial charge in [-0.15, -0.1) is 0 Å². The van der Waals surface area contributed by atoms with Gasteiger partial charge in [0.1, 0.15) is 5.60 Å². The minimum atomic E-state index is -0.343. The fraction of sp³-hybridized carbons (Fsp3) is 0.533. The summed E-state index contributed by atoms with van der Waals surface area (Å²) in [7, 11) is 1.38. The standard InChI is InChI=1S/C15H17Cl2NO3/c1-20-13(19)5-2-10-11(3-4-12(16)14(10)17)15-6-9(7-21-15)18-8-15/h3-4,9,18H,2,5-8H2,1H3. The van der Waals surface area contributed by atoms with Crippen LogP contribution < -0.4 is 5.32 Å². The minimum absolute atomic E-state index is 0.260. The summed E-state index contributed by atoms with van der Waals surface area (Å²) in [6, 6.07) is 4.16. The number of methoxy groups -OCH3 is 1. The second kappa shape index (κ2) is 5.76. The number of esters is 1. The molecule has 1 aromatic rings. The molecule has 2 atom stereocenters. The summed E-state index contributed by atoms with van der Waals surface area (Å²) in [6.45, 7) is 1.47. The maximum absolute atomic E-state index is 11.4. The van der Waals surface area contributed by atoms with Crippen molar-refractivity contribution in [3.63, 3.8) is 0 Å². The van der Waals surface area contributed by atoms with Crippen molar-refractivity contribution < 1.29 is 14.3 Å². The van der Waals surface area contributed by atoms with Crippen molar-refractivity contribution in [1.82, 2.24) is 5.32 Å². The van der Waals surface area contributed by atoms with Crippen LogP contribution in [0.2, 0.25) is 10.0 Å². The molecule has 4 nitrogen and oxygen atoms in total. The molecule has 114 valence electrons. The summed E-state index contributed by atoms with van der Waals surface area (Å²) >= 11 is 12.5. The molecule has 0 saturated carbocycles. The SMILES string of the molecule is COC(=O)CCc1c(C23CNC(CO2)C3)ccc(Cl)c1Cl. The van der Waals surface area contributed by atoms with Gasteiger partial charge in [-0.2, -0.15) is 0 Å². The van der Waals surface area contributed by atoms with Crippen LogP contribution in [0.25, 0.3) is 0 Å². The van der Waals surface area contributed by atoms with E-state index in [2.05, 4.69) is 5.32 Å². The van der Waals surface area contributed by atoms with Gasteiger partial charge in [-0.3, -0.25) is 4.79 Å². The first-order valence-corrected chi connectivity index (χ1v) is 7.73. The van der Waals surface area contributed by atoms with Gasteiger partial charge in [-0.1, -0.05) is 29.3 Å². The highest BCUT2D eigenvalue weighted by molar-refractivity contribution is 6.42. The van der Waals surface area contributed by atoms with Crippen molar-refractivity contribution in [1.29, 1.82) is 0 Å². The molecule has 2 aliphatic heterocycles. The van der Waals surface area contributed by atoms with Crippen LogP contribution in [-0.4, -0.2) is 32.3 Å². The molecule has 3 rings (SSSR count). The zero-order valence-electron chi connectivity index (χ0n) is 11.7. The molecular formula is C15H17Cl2NO3. The number of nitrogens with one attached hydrogen (secondary N) is 1. The summed E-state index contributed by atoms with van der Waals surface area (Å²) in [5.74, 6) is -0.260. The fourth-order valence-electron chi connectivity index (χ4n) is 3.22. The van der Waals surface area contributed by atoms with E-state index in [1.165, 1.54) is 7.11 Å². The Hall–Kier alpha value is -0.810. The van der Waals surface area contributed by atoms with Crippen molar-refractivity contribution in [2.75, 3.05) is 20.3 Å². The summed E-state index contributed by atoms with van der Waals surface area (Å²) < 4.78 is 10.7. The molecule has 2 fully saturated rings. The summed E-state index contributed by atoms with van der Waals surface area (Å²) in [6.07, 6.45) is 1.70. The first kappa shape index (κ1) is 15.1. The summed E-state index contributed by atoms with van der Waals surface area (Å²) in [5.41, 5.74) is 1.58. The number of carbonyl (C=O) groups excluding carboxylic acids is 1. The van der Waals surface area contributed by atoms with Gasteiger partial charge in [-0.05, 0) is 30.0 Å². The summed E-state index contributed by atoms with van der Waals surface area (Å²) in [4.78, 5) is 11.4. The highest BCUT2D eigenvalue weighted by Crippen LogP contribution is 2.44. The van der Waals surface area contributed by atoms with Crippen molar-refractivity contribution in [3.05, 3.63) is 33.3 Å². The van der Waals surface area contributed by atoms with Crippen molar-refractivity contribution in [2.45, 2.75) is 30.9 Å². The molecule has 2 bridgehead atoms. The fourth-order valence-corrected chi connectivity index (χ4v) is 3.65. The van der Waals surface area contributed by atoms with Crippen LogP contribution in [0, 0.1) is 0 Å². The number of fused-ring (bicyclic) bond motifs is 2. The highest BCUT2D eigenvalue weighted by Gasteiger charge is 2.48. The average molecular weight is 330 g/mol. The molecule has 0 spiro atoms. The molecular weight excluding hydrogens is 313 g/mol. The van der Waals surface area contributed by atoms with E-state index in [0.717, 1.165) is 24.1 Å². The van der Waals surface area contributed by atoms with E-state index in [9.17, 15) is 4.79 Å². The molecule has 2 saturated heterocycles. The minimum Gasteiger partial charge on any atom is -0.469 e. The molecule has 21 heavy (non-hydrogen) atoms. The zero-order valence-corrected chi connectivity index (χ0v) is 13.3. The number of morpholine rings is 1. The number of ether oxygens (including phenoxy) is 2. The predicted octanol–water partition coefficient (Wildman–Crippen LogP) is 2.69. The topological polar surface area (TPSA) is 47.6 Å². The first-order chi connectivity index (χ1) is 10.1. The second-order valence-electron chi connectivity index (χ2n) is 5.55. The molecule has 2 aliphatic rings. The van der Waals surface area contributed by atoms with E-state index in [-0.39, 0.29) is 18.0 Å². The van der Waals surface area contributed by atoms with Crippen molar-refractivity contribution in [2.24, 2.45) is 0 Å². The van der Waals surface area contributed by atoms with E-state index in [0.29, 0.717) is 29.1 Å². The Bertz CT molecular complexity index is 568. The monoisotopic (exact) mass is 329 g/mol. The lowest BCUT2D eigenvalue weighted by molar-refractivity contribution is -0.140. The second-order valence-corrected chi connectivity index (χ2v) is 6.34. The lowest BCUT2D eigenvalue weighted by atomic mass is 9.87. The van der Waals surface area contributed by atoms with E-state index in [1.54, 1.807) is 6.07 Å². The van der Waals surface area contributed by atoms with Gasteiger partial charge in [0.05, 0.1) is 23.8 Å². The van der Waals surface area contributed by atoms with Gasteiger partial charge in [0.2, 0.25) is 0 Å². The van der Waals surface area contributed by atoms with Crippen LogP contribution in [0.5, 0.6) is 0 Å². The lowest BCUT2D eigenvalue weighted by Gasteiger charge is -2.30. The highest BCUT2D eigenvalue weighted by atomic mass is 35.5. The number of benzene rings is 1. The third kappa shape index (κ3) is 2.66. The molecule has 0 aliphatic carbocycles. The van der Waals surface area contributed by atoms with E-state index in [1.807, 2.05) is 6.07 Å². The molecule has 0 aromatic heterocycles. The molecule has 1 N–H and O–H groups in total. The Morgan fingerprint density at radius 3 is 2.90 bits per heavy atom. The number of rotatable bonds is 4. The molecule has 2 unspecified atom stereocenters. The van der Waals surface area contributed by atoms with E-state index < -0.39 is 0 Å². The smallest absolute Gasteiger partial charge is 0.305 e. The quantitative estimate of drug-likeness (QED) is 0.863. The number of hydrogen-bond donors (Lipinski definition) is 1. The van der Waals surface area contributed by atoms with Gasteiger partial charge in [0.15, 0.2) is 0 Å². The van der Waals surface area contributed by atoms with Gasteiger partial charge in [-0.25, -0.2) is 0 Å². The normalized spacial score (nSPS) is 27.1. The van der Waals surface area contributed by atoms with E-state index in [4.69, 9.17) is 32.7 Å². The van der Waals surface area contributed by atoms with Crippen LogP contribution >= 0.6 is 23.2 Å². The zero-order chi connectivity index (χ0) is 15.0. The Kier molecular flexibility index (Phi) is 4.14. The summed E-state index contributed by atoms with van der Waals surface area (Å²) in [5, 5.41) is 4.44. The molecule has 0 radical (unpaired) electrons. The number of hydrogen-bond acceptors (Lipinski definition) is 4. The number of carbonyl (C=O) groups is 1. The Labute approximate surface area is 133 Å². The van der Waals surface area contributed by atoms with Gasteiger partial charge in [0.25, 0.3) is 0 Å². The Balaban J connectivity index is 1.96. The predicted molar refractivity (Wildman–Crippen MR) is 80.8 cm³/mol. The largest absolute Gasteiger partial charge is 0.469 e. The maximum atomic E-state index is 11.4. The molecule has 1 aromatic carbocycles. The van der Waals surface area contributed by atoms with Crippen LogP contribution in [-0.2, 0) is 26.3 Å².